The number of amides is 3. The molecule has 2 heterocycles. The molecule has 2 saturated heterocycles. The second-order valence-electron chi connectivity index (χ2n) is 6.30. The lowest BCUT2D eigenvalue weighted by Crippen LogP contribution is -2.36. The topological polar surface area (TPSA) is 61.9 Å². The number of nitrogens with one attached hydrogen (secondary N) is 1. The predicted molar refractivity (Wildman–Crippen MR) is 105 cm³/mol. The molecule has 0 unspecified atom stereocenters. The van der Waals surface area contributed by atoms with E-state index < -0.39 is 6.03 Å². The number of benzene rings is 2. The Morgan fingerprint density at radius 1 is 0.926 bits per heavy atom. The van der Waals surface area contributed by atoms with Crippen molar-refractivity contribution in [2.24, 2.45) is 0 Å². The van der Waals surface area contributed by atoms with E-state index >= 15 is 0 Å². The van der Waals surface area contributed by atoms with Crippen molar-refractivity contribution in [3.8, 4) is 0 Å². The zero-order valence-corrected chi connectivity index (χ0v) is 15.3. The van der Waals surface area contributed by atoms with Crippen molar-refractivity contribution < 1.29 is 14.3 Å². The molecule has 2 aliphatic rings. The Balaban J connectivity index is 1.53. The number of urea groups is 1. The Kier molecular flexibility index (Phi) is 4.83. The normalized spacial score (nSPS) is 18.9. The standard InChI is InChI=1S/C20H18ClN3O3/c21-15-3-7-17(8-4-15)24-19(25)18(22-20(24)26)13-14-1-5-16(6-2-14)23-9-11-27-12-10-23/h1-8,13H,9-12H2,(H,22,26)/b18-13+. The van der Waals surface area contributed by atoms with Crippen LogP contribution in [0.4, 0.5) is 16.2 Å². The van der Waals surface area contributed by atoms with Crippen LogP contribution in [-0.2, 0) is 9.53 Å². The van der Waals surface area contributed by atoms with E-state index in [2.05, 4.69) is 10.2 Å². The number of anilines is 2. The molecule has 2 aliphatic heterocycles. The number of carbonyl (C=O) groups is 2. The van der Waals surface area contributed by atoms with Crippen molar-refractivity contribution in [2.45, 2.75) is 0 Å². The highest BCUT2D eigenvalue weighted by molar-refractivity contribution is 6.31. The molecule has 0 radical (unpaired) electrons. The molecule has 0 atom stereocenters. The van der Waals surface area contributed by atoms with Crippen molar-refractivity contribution >= 4 is 41.0 Å². The summed E-state index contributed by atoms with van der Waals surface area (Å²) in [5, 5.41) is 3.18. The molecule has 138 valence electrons. The predicted octanol–water partition coefficient (Wildman–Crippen LogP) is 3.27. The Morgan fingerprint density at radius 2 is 1.56 bits per heavy atom. The summed E-state index contributed by atoms with van der Waals surface area (Å²) >= 11 is 5.87. The van der Waals surface area contributed by atoms with Gasteiger partial charge >= 0.3 is 6.03 Å². The van der Waals surface area contributed by atoms with Gasteiger partial charge < -0.3 is 15.0 Å². The van der Waals surface area contributed by atoms with E-state index in [-0.39, 0.29) is 11.6 Å². The molecular formula is C20H18ClN3O3. The van der Waals surface area contributed by atoms with E-state index in [4.69, 9.17) is 16.3 Å². The lowest BCUT2D eigenvalue weighted by Gasteiger charge is -2.28. The second kappa shape index (κ2) is 7.42. The molecule has 0 spiro atoms. The van der Waals surface area contributed by atoms with Gasteiger partial charge in [-0.1, -0.05) is 23.7 Å². The average Bonchev–Trinajstić information content (AvgIpc) is 2.97. The summed E-state index contributed by atoms with van der Waals surface area (Å²) in [6.45, 7) is 3.19. The summed E-state index contributed by atoms with van der Waals surface area (Å²) in [5.41, 5.74) is 2.68. The van der Waals surface area contributed by atoms with Crippen molar-refractivity contribution in [1.82, 2.24) is 5.32 Å². The molecule has 0 bridgehead atoms. The molecule has 0 aromatic heterocycles. The first-order valence-electron chi connectivity index (χ1n) is 8.67. The number of hydrogen-bond donors (Lipinski definition) is 1. The third kappa shape index (κ3) is 3.67. The van der Waals surface area contributed by atoms with Gasteiger partial charge in [0.15, 0.2) is 0 Å². The molecule has 4 rings (SSSR count). The Bertz CT molecular complexity index is 888. The van der Waals surface area contributed by atoms with Gasteiger partial charge in [0.25, 0.3) is 5.91 Å². The van der Waals surface area contributed by atoms with Gasteiger partial charge in [-0.05, 0) is 48.0 Å². The monoisotopic (exact) mass is 383 g/mol. The van der Waals surface area contributed by atoms with Crippen LogP contribution in [0.1, 0.15) is 5.56 Å². The fraction of sp³-hybridized carbons (Fsp3) is 0.200. The number of morpholine rings is 1. The van der Waals surface area contributed by atoms with E-state index in [1.54, 1.807) is 30.3 Å². The number of nitrogens with zero attached hydrogens (tertiary/aromatic N) is 2. The molecule has 3 amide bonds. The van der Waals surface area contributed by atoms with Gasteiger partial charge in [-0.25, -0.2) is 9.69 Å². The molecular weight excluding hydrogens is 366 g/mol. The molecule has 1 N–H and O–H groups in total. The summed E-state index contributed by atoms with van der Waals surface area (Å²) in [7, 11) is 0. The van der Waals surface area contributed by atoms with Gasteiger partial charge in [0, 0.05) is 23.8 Å². The summed E-state index contributed by atoms with van der Waals surface area (Å²) in [6.07, 6.45) is 1.68. The number of rotatable bonds is 3. The number of halogens is 1. The lowest BCUT2D eigenvalue weighted by molar-refractivity contribution is -0.113. The maximum atomic E-state index is 12.6. The molecule has 27 heavy (non-hydrogen) atoms. The maximum absolute atomic E-state index is 12.6. The minimum Gasteiger partial charge on any atom is -0.378 e. The Labute approximate surface area is 162 Å². The van der Waals surface area contributed by atoms with E-state index in [9.17, 15) is 9.59 Å². The molecule has 2 aromatic carbocycles. The summed E-state index contributed by atoms with van der Waals surface area (Å²) in [5.74, 6) is -0.389. The average molecular weight is 384 g/mol. The van der Waals surface area contributed by atoms with Crippen LogP contribution in [0.15, 0.2) is 54.2 Å². The first-order valence-corrected chi connectivity index (χ1v) is 9.05. The molecule has 6 nitrogen and oxygen atoms in total. The van der Waals surface area contributed by atoms with Crippen LogP contribution in [0.2, 0.25) is 5.02 Å². The van der Waals surface area contributed by atoms with Crippen LogP contribution in [-0.4, -0.2) is 38.2 Å². The van der Waals surface area contributed by atoms with Crippen molar-refractivity contribution in [1.29, 1.82) is 0 Å². The van der Waals surface area contributed by atoms with Gasteiger partial charge in [0.2, 0.25) is 0 Å². The third-order valence-electron chi connectivity index (χ3n) is 4.54. The Hall–Kier alpha value is -2.83. The molecule has 2 fully saturated rings. The largest absolute Gasteiger partial charge is 0.378 e. The van der Waals surface area contributed by atoms with Crippen molar-refractivity contribution in [3.63, 3.8) is 0 Å². The lowest BCUT2D eigenvalue weighted by atomic mass is 10.1. The van der Waals surface area contributed by atoms with Gasteiger partial charge in [-0.15, -0.1) is 0 Å². The highest BCUT2D eigenvalue weighted by Gasteiger charge is 2.34. The quantitative estimate of drug-likeness (QED) is 0.652. The number of carbonyl (C=O) groups excluding carboxylic acids is 2. The summed E-state index contributed by atoms with van der Waals surface area (Å²) in [6, 6.07) is 14.0. The van der Waals surface area contributed by atoms with Crippen LogP contribution in [0.3, 0.4) is 0 Å². The zero-order valence-electron chi connectivity index (χ0n) is 14.5. The van der Waals surface area contributed by atoms with E-state index in [0.29, 0.717) is 10.7 Å². The van der Waals surface area contributed by atoms with Crippen LogP contribution in [0, 0.1) is 0 Å². The first kappa shape index (κ1) is 17.6. The molecule has 7 heteroatoms. The van der Waals surface area contributed by atoms with E-state index in [1.165, 1.54) is 0 Å². The van der Waals surface area contributed by atoms with Gasteiger partial charge in [0.05, 0.1) is 18.9 Å². The minimum atomic E-state index is -0.474. The van der Waals surface area contributed by atoms with Crippen LogP contribution in [0.5, 0.6) is 0 Å². The van der Waals surface area contributed by atoms with Crippen LogP contribution in [0.25, 0.3) is 6.08 Å². The molecule has 2 aromatic rings. The van der Waals surface area contributed by atoms with Gasteiger partial charge in [-0.2, -0.15) is 0 Å². The maximum Gasteiger partial charge on any atom is 0.333 e. The second-order valence-corrected chi connectivity index (χ2v) is 6.73. The van der Waals surface area contributed by atoms with Gasteiger partial charge in [-0.3, -0.25) is 4.79 Å². The van der Waals surface area contributed by atoms with Crippen molar-refractivity contribution in [3.05, 3.63) is 64.8 Å². The van der Waals surface area contributed by atoms with Crippen molar-refractivity contribution in [2.75, 3.05) is 36.1 Å². The summed E-state index contributed by atoms with van der Waals surface area (Å²) in [4.78, 5) is 28.2. The number of imide groups is 1. The highest BCUT2D eigenvalue weighted by atomic mass is 35.5. The van der Waals surface area contributed by atoms with Crippen LogP contribution >= 0.6 is 11.6 Å². The van der Waals surface area contributed by atoms with E-state index in [1.807, 2.05) is 24.3 Å². The SMILES string of the molecule is O=C1N/C(=C/c2ccc(N3CCOCC3)cc2)C(=O)N1c1ccc(Cl)cc1. The summed E-state index contributed by atoms with van der Waals surface area (Å²) < 4.78 is 5.37. The van der Waals surface area contributed by atoms with Gasteiger partial charge in [0.1, 0.15) is 5.70 Å². The Morgan fingerprint density at radius 3 is 2.22 bits per heavy atom. The fourth-order valence-corrected chi connectivity index (χ4v) is 3.26. The molecule has 0 aliphatic carbocycles. The molecule has 0 saturated carbocycles. The number of hydrogen-bond acceptors (Lipinski definition) is 4. The zero-order chi connectivity index (χ0) is 18.8. The van der Waals surface area contributed by atoms with E-state index in [0.717, 1.165) is 42.5 Å². The number of ether oxygens (including phenoxy) is 1. The smallest absolute Gasteiger partial charge is 0.333 e. The minimum absolute atomic E-state index is 0.245. The highest BCUT2D eigenvalue weighted by Crippen LogP contribution is 2.24. The first-order chi connectivity index (χ1) is 13.1. The fourth-order valence-electron chi connectivity index (χ4n) is 3.13. The third-order valence-corrected chi connectivity index (χ3v) is 4.80. The van der Waals surface area contributed by atoms with Crippen LogP contribution < -0.4 is 15.1 Å².